The molecule has 0 saturated heterocycles. The van der Waals surface area contributed by atoms with Gasteiger partial charge in [-0.05, 0) is 29.8 Å². The van der Waals surface area contributed by atoms with Crippen LogP contribution in [0.5, 0.6) is 0 Å². The first kappa shape index (κ1) is 14.5. The van der Waals surface area contributed by atoms with Crippen LogP contribution in [0.15, 0.2) is 42.6 Å². The molecule has 1 heterocycles. The molecule has 0 unspecified atom stereocenters. The van der Waals surface area contributed by atoms with Gasteiger partial charge in [0.15, 0.2) is 0 Å². The molecule has 106 valence electrons. The summed E-state index contributed by atoms with van der Waals surface area (Å²) < 4.78 is 0. The number of carbonyl (C=O) groups excluding carboxylic acids is 1. The topological polar surface area (TPSA) is 95.0 Å². The lowest BCUT2D eigenvalue weighted by atomic mass is 10.1. The number of hydrogen-bond acceptors (Lipinski definition) is 5. The zero-order valence-corrected chi connectivity index (χ0v) is 11.6. The average Bonchev–Trinajstić information content (AvgIpc) is 2.54. The van der Waals surface area contributed by atoms with Gasteiger partial charge < -0.3 is 10.3 Å². The molecule has 0 radical (unpaired) electrons. The van der Waals surface area contributed by atoms with Crippen LogP contribution in [0.2, 0.25) is 0 Å². The molecule has 2 rings (SSSR count). The molecule has 2 aromatic rings. The van der Waals surface area contributed by atoms with Gasteiger partial charge in [0, 0.05) is 19.8 Å². The third kappa shape index (κ3) is 3.55. The van der Waals surface area contributed by atoms with E-state index < -0.39 is 0 Å². The molecule has 21 heavy (non-hydrogen) atoms. The lowest BCUT2D eigenvalue weighted by Gasteiger charge is -2.17. The molecular formula is C15H15N5O. The van der Waals surface area contributed by atoms with E-state index in [-0.39, 0.29) is 5.91 Å². The van der Waals surface area contributed by atoms with Gasteiger partial charge in [-0.2, -0.15) is 5.26 Å². The van der Waals surface area contributed by atoms with Crippen LogP contribution in [0.4, 0.5) is 5.69 Å². The second-order valence-electron chi connectivity index (χ2n) is 4.55. The van der Waals surface area contributed by atoms with Gasteiger partial charge in [0.25, 0.3) is 5.91 Å². The highest BCUT2D eigenvalue weighted by molar-refractivity contribution is 5.92. The Morgan fingerprint density at radius 2 is 2.24 bits per heavy atom. The van der Waals surface area contributed by atoms with Crippen LogP contribution in [0.1, 0.15) is 21.6 Å². The second kappa shape index (κ2) is 6.50. The first-order chi connectivity index (χ1) is 10.1. The van der Waals surface area contributed by atoms with Crippen molar-refractivity contribution < 1.29 is 4.79 Å². The highest BCUT2D eigenvalue weighted by atomic mass is 16.2. The van der Waals surface area contributed by atoms with E-state index in [1.54, 1.807) is 42.3 Å². The summed E-state index contributed by atoms with van der Waals surface area (Å²) in [5.74, 6) is 5.10. The predicted molar refractivity (Wildman–Crippen MR) is 79.0 cm³/mol. The molecule has 1 aromatic heterocycles. The maximum Gasteiger partial charge on any atom is 0.272 e. The summed E-state index contributed by atoms with van der Waals surface area (Å²) in [6, 6.07) is 12.5. The van der Waals surface area contributed by atoms with E-state index in [2.05, 4.69) is 16.5 Å². The van der Waals surface area contributed by atoms with Crippen molar-refractivity contribution in [3.05, 3.63) is 59.4 Å². The number of nitrogen functional groups attached to an aromatic ring is 1. The Bertz CT molecular complexity index is 692. The number of nitrogens with two attached hydrogens (primary N) is 1. The monoisotopic (exact) mass is 281 g/mol. The highest BCUT2D eigenvalue weighted by Crippen LogP contribution is 2.11. The maximum absolute atomic E-state index is 12.3. The van der Waals surface area contributed by atoms with E-state index in [4.69, 9.17) is 11.1 Å². The molecule has 0 aliphatic carbocycles. The molecule has 0 aliphatic heterocycles. The SMILES string of the molecule is CN(Cc1cccc(C#N)c1)C(=O)c1cc(NN)ccn1. The van der Waals surface area contributed by atoms with E-state index in [0.717, 1.165) is 5.56 Å². The summed E-state index contributed by atoms with van der Waals surface area (Å²) in [6.07, 6.45) is 1.52. The normalized spacial score (nSPS) is 9.76. The van der Waals surface area contributed by atoms with Crippen LogP contribution < -0.4 is 11.3 Å². The Balaban J connectivity index is 2.13. The summed E-state index contributed by atoms with van der Waals surface area (Å²) in [7, 11) is 1.69. The van der Waals surface area contributed by atoms with Crippen molar-refractivity contribution in [3.8, 4) is 6.07 Å². The standard InChI is InChI=1S/C15H15N5O/c1-20(10-12-4-2-3-11(7-12)9-16)15(21)14-8-13(19-17)5-6-18-14/h2-8H,10,17H2,1H3,(H,18,19). The van der Waals surface area contributed by atoms with Gasteiger partial charge in [0.1, 0.15) is 5.69 Å². The van der Waals surface area contributed by atoms with E-state index in [1.165, 1.54) is 6.20 Å². The molecule has 1 amide bonds. The van der Waals surface area contributed by atoms with Crippen LogP contribution in [-0.2, 0) is 6.54 Å². The molecular weight excluding hydrogens is 266 g/mol. The fourth-order valence-electron chi connectivity index (χ4n) is 1.92. The molecule has 0 aliphatic rings. The molecule has 6 nitrogen and oxygen atoms in total. The highest BCUT2D eigenvalue weighted by Gasteiger charge is 2.14. The van der Waals surface area contributed by atoms with Crippen LogP contribution in [0.25, 0.3) is 0 Å². The molecule has 0 saturated carbocycles. The van der Waals surface area contributed by atoms with Crippen molar-refractivity contribution in [2.75, 3.05) is 12.5 Å². The number of benzene rings is 1. The van der Waals surface area contributed by atoms with E-state index in [1.807, 2.05) is 6.07 Å². The van der Waals surface area contributed by atoms with Gasteiger partial charge in [-0.25, -0.2) is 0 Å². The Hall–Kier alpha value is -2.91. The first-order valence-electron chi connectivity index (χ1n) is 6.31. The number of amides is 1. The fraction of sp³-hybridized carbons (Fsp3) is 0.133. The lowest BCUT2D eigenvalue weighted by Crippen LogP contribution is -2.27. The maximum atomic E-state index is 12.3. The van der Waals surface area contributed by atoms with Crippen LogP contribution >= 0.6 is 0 Å². The number of rotatable bonds is 4. The van der Waals surface area contributed by atoms with Crippen LogP contribution in [-0.4, -0.2) is 22.8 Å². The zero-order chi connectivity index (χ0) is 15.2. The molecule has 1 aromatic carbocycles. The largest absolute Gasteiger partial charge is 0.336 e. The molecule has 0 spiro atoms. The van der Waals surface area contributed by atoms with Gasteiger partial charge in [-0.1, -0.05) is 12.1 Å². The number of anilines is 1. The van der Waals surface area contributed by atoms with E-state index >= 15 is 0 Å². The molecule has 0 atom stereocenters. The summed E-state index contributed by atoms with van der Waals surface area (Å²) in [5, 5.41) is 8.88. The summed E-state index contributed by atoms with van der Waals surface area (Å²) in [5.41, 5.74) is 4.86. The summed E-state index contributed by atoms with van der Waals surface area (Å²) >= 11 is 0. The second-order valence-corrected chi connectivity index (χ2v) is 4.55. The number of nitrogens with zero attached hydrogens (tertiary/aromatic N) is 3. The van der Waals surface area contributed by atoms with Crippen LogP contribution in [0, 0.1) is 11.3 Å². The van der Waals surface area contributed by atoms with Crippen LogP contribution in [0.3, 0.4) is 0 Å². The number of hydrogen-bond donors (Lipinski definition) is 2. The van der Waals surface area contributed by atoms with Gasteiger partial charge >= 0.3 is 0 Å². The Kier molecular flexibility index (Phi) is 4.49. The lowest BCUT2D eigenvalue weighted by molar-refractivity contribution is 0.0779. The zero-order valence-electron chi connectivity index (χ0n) is 11.6. The number of aromatic nitrogens is 1. The minimum Gasteiger partial charge on any atom is -0.336 e. The minimum absolute atomic E-state index is 0.213. The summed E-state index contributed by atoms with van der Waals surface area (Å²) in [4.78, 5) is 17.9. The molecule has 3 N–H and O–H groups in total. The van der Waals surface area contributed by atoms with Crippen molar-refractivity contribution >= 4 is 11.6 Å². The third-order valence-corrected chi connectivity index (χ3v) is 2.97. The van der Waals surface area contributed by atoms with Crippen molar-refractivity contribution in [3.63, 3.8) is 0 Å². The third-order valence-electron chi connectivity index (χ3n) is 2.97. The smallest absolute Gasteiger partial charge is 0.272 e. The Morgan fingerprint density at radius 1 is 1.43 bits per heavy atom. The molecule has 0 bridgehead atoms. The van der Waals surface area contributed by atoms with Crippen molar-refractivity contribution in [2.45, 2.75) is 6.54 Å². The van der Waals surface area contributed by atoms with Crippen molar-refractivity contribution in [2.24, 2.45) is 5.84 Å². The fourth-order valence-corrected chi connectivity index (χ4v) is 1.92. The molecule has 6 heteroatoms. The van der Waals surface area contributed by atoms with Gasteiger partial charge in [0.2, 0.25) is 0 Å². The number of pyridine rings is 1. The number of nitriles is 1. The average molecular weight is 281 g/mol. The van der Waals surface area contributed by atoms with Gasteiger partial charge in [-0.15, -0.1) is 0 Å². The van der Waals surface area contributed by atoms with E-state index in [0.29, 0.717) is 23.5 Å². The Labute approximate surface area is 122 Å². The van der Waals surface area contributed by atoms with Gasteiger partial charge in [0.05, 0.1) is 17.3 Å². The number of carbonyl (C=O) groups is 1. The first-order valence-corrected chi connectivity index (χ1v) is 6.31. The van der Waals surface area contributed by atoms with E-state index in [9.17, 15) is 4.79 Å². The predicted octanol–water partition coefficient (Wildman–Crippen LogP) is 1.51. The molecule has 0 fully saturated rings. The number of nitrogens with one attached hydrogen (secondary N) is 1. The van der Waals surface area contributed by atoms with Crippen molar-refractivity contribution in [1.29, 1.82) is 5.26 Å². The Morgan fingerprint density at radius 3 is 2.95 bits per heavy atom. The quantitative estimate of drug-likeness (QED) is 0.654. The number of hydrazine groups is 1. The van der Waals surface area contributed by atoms with Crippen molar-refractivity contribution in [1.82, 2.24) is 9.88 Å². The van der Waals surface area contributed by atoms with Gasteiger partial charge in [-0.3, -0.25) is 15.6 Å². The summed E-state index contributed by atoms with van der Waals surface area (Å²) in [6.45, 7) is 0.399. The minimum atomic E-state index is -0.213.